The van der Waals surface area contributed by atoms with E-state index in [1.54, 1.807) is 18.0 Å². The lowest BCUT2D eigenvalue weighted by Gasteiger charge is -2.28. The van der Waals surface area contributed by atoms with E-state index in [0.717, 1.165) is 25.1 Å². The van der Waals surface area contributed by atoms with Crippen molar-refractivity contribution in [3.63, 3.8) is 0 Å². The molecule has 38 heavy (non-hydrogen) atoms. The van der Waals surface area contributed by atoms with E-state index >= 15 is 0 Å². The Morgan fingerprint density at radius 1 is 1.21 bits per heavy atom. The molecule has 3 atom stereocenters. The summed E-state index contributed by atoms with van der Waals surface area (Å²) >= 11 is 0. The van der Waals surface area contributed by atoms with E-state index in [9.17, 15) is 9.90 Å². The van der Waals surface area contributed by atoms with E-state index in [2.05, 4.69) is 58.2 Å². The monoisotopic (exact) mass is 526 g/mol. The van der Waals surface area contributed by atoms with Gasteiger partial charge in [0.25, 0.3) is 0 Å². The van der Waals surface area contributed by atoms with E-state index in [1.807, 2.05) is 31.3 Å². The first-order valence-electron chi connectivity index (χ1n) is 13.0. The van der Waals surface area contributed by atoms with Gasteiger partial charge >= 0.3 is 6.03 Å². The zero-order chi connectivity index (χ0) is 27.9. The summed E-state index contributed by atoms with van der Waals surface area (Å²) in [7, 11) is 3.56. The first kappa shape index (κ1) is 29.3. The molecule has 11 heteroatoms. The van der Waals surface area contributed by atoms with Crippen LogP contribution in [0.1, 0.15) is 46.1 Å². The number of nitrogen functional groups attached to an aromatic ring is 1. The second-order valence-electron chi connectivity index (χ2n) is 10.8. The van der Waals surface area contributed by atoms with Crippen molar-refractivity contribution >= 4 is 28.7 Å². The van der Waals surface area contributed by atoms with Gasteiger partial charge in [-0.05, 0) is 49.5 Å². The summed E-state index contributed by atoms with van der Waals surface area (Å²) in [5.41, 5.74) is 8.98. The standard InChI is InChI=1S/C27H42N8O3/c1-7-19(32-26(37)33-20-10-8-18(9-11-20)27(2,3)4)12-13-34(5)15-22(38-6)21(36)14-35-17-31-23-24(28)29-16-30-25(23)35/h8-11,16-17,19,21-22,36H,7,12-15H2,1-6H3,(H2,28,29,30)(H2,32,33,37)/t19?,21-,22?/m0/s1. The maximum absolute atomic E-state index is 12.6. The Morgan fingerprint density at radius 2 is 1.92 bits per heavy atom. The van der Waals surface area contributed by atoms with Crippen molar-refractivity contribution in [3.05, 3.63) is 42.5 Å². The Bertz CT molecular complexity index is 1180. The first-order valence-corrected chi connectivity index (χ1v) is 13.0. The van der Waals surface area contributed by atoms with Gasteiger partial charge in [-0.25, -0.2) is 19.7 Å². The number of anilines is 2. The number of imidazole rings is 1. The predicted molar refractivity (Wildman–Crippen MR) is 150 cm³/mol. The van der Waals surface area contributed by atoms with Crippen molar-refractivity contribution in [1.29, 1.82) is 0 Å². The van der Waals surface area contributed by atoms with Crippen LogP contribution in [0.4, 0.5) is 16.3 Å². The lowest BCUT2D eigenvalue weighted by atomic mass is 9.87. The highest BCUT2D eigenvalue weighted by Gasteiger charge is 2.23. The lowest BCUT2D eigenvalue weighted by molar-refractivity contribution is -0.0335. The number of ether oxygens (including phenoxy) is 1. The number of urea groups is 1. The number of carbonyl (C=O) groups excluding carboxylic acids is 1. The molecule has 0 aliphatic heterocycles. The van der Waals surface area contributed by atoms with Gasteiger partial charge < -0.3 is 35.7 Å². The summed E-state index contributed by atoms with van der Waals surface area (Å²) in [6.45, 7) is 10.0. The quantitative estimate of drug-likeness (QED) is 0.282. The van der Waals surface area contributed by atoms with Crippen LogP contribution in [0.5, 0.6) is 0 Å². The number of fused-ring (bicyclic) bond motifs is 1. The third-order valence-corrected chi connectivity index (χ3v) is 6.73. The van der Waals surface area contributed by atoms with Gasteiger partial charge in [-0.3, -0.25) is 0 Å². The van der Waals surface area contributed by atoms with Gasteiger partial charge in [-0.2, -0.15) is 0 Å². The molecule has 3 rings (SSSR count). The summed E-state index contributed by atoms with van der Waals surface area (Å²) in [6, 6.07) is 7.74. The van der Waals surface area contributed by atoms with Crippen LogP contribution in [0, 0.1) is 0 Å². The third-order valence-electron chi connectivity index (χ3n) is 6.73. The SMILES string of the molecule is CCC(CCN(C)CC(OC)[C@@H](O)Cn1cnc2c(N)ncnc21)NC(=O)Nc1ccc(C(C)(C)C)cc1. The minimum Gasteiger partial charge on any atom is -0.388 e. The fourth-order valence-electron chi connectivity index (χ4n) is 4.26. The smallest absolute Gasteiger partial charge is 0.319 e. The Hall–Kier alpha value is -3.28. The summed E-state index contributed by atoms with van der Waals surface area (Å²) < 4.78 is 7.34. The molecule has 11 nitrogen and oxygen atoms in total. The molecule has 2 aromatic heterocycles. The lowest BCUT2D eigenvalue weighted by Crippen LogP contribution is -2.43. The van der Waals surface area contributed by atoms with Crippen molar-refractivity contribution in [2.75, 3.05) is 38.3 Å². The number of likely N-dealkylation sites (N-methyl/N-ethyl adjacent to an activating group) is 1. The number of aromatic nitrogens is 4. The van der Waals surface area contributed by atoms with Gasteiger partial charge in [0.15, 0.2) is 11.5 Å². The molecule has 0 bridgehead atoms. The molecule has 0 aliphatic rings. The third kappa shape index (κ3) is 7.86. The molecule has 3 aromatic rings. The van der Waals surface area contributed by atoms with Crippen LogP contribution in [0.3, 0.4) is 0 Å². The van der Waals surface area contributed by atoms with E-state index in [1.165, 1.54) is 11.9 Å². The van der Waals surface area contributed by atoms with Crippen molar-refractivity contribution in [2.24, 2.45) is 0 Å². The normalized spacial score (nSPS) is 14.4. The number of methoxy groups -OCH3 is 1. The Kier molecular flexibility index (Phi) is 10.0. The number of hydrogen-bond acceptors (Lipinski definition) is 8. The molecule has 0 saturated heterocycles. The molecule has 0 fully saturated rings. The van der Waals surface area contributed by atoms with E-state index < -0.39 is 12.2 Å². The maximum atomic E-state index is 12.6. The Labute approximate surface area is 224 Å². The molecule has 1 aromatic carbocycles. The van der Waals surface area contributed by atoms with Crippen molar-refractivity contribution in [2.45, 2.75) is 70.7 Å². The number of rotatable bonds is 12. The number of benzene rings is 1. The molecule has 2 amide bonds. The molecule has 0 radical (unpaired) electrons. The van der Waals surface area contributed by atoms with Gasteiger partial charge in [0.2, 0.25) is 0 Å². The molecule has 2 heterocycles. The molecular weight excluding hydrogens is 484 g/mol. The van der Waals surface area contributed by atoms with Crippen LogP contribution in [-0.4, -0.2) is 81.1 Å². The van der Waals surface area contributed by atoms with E-state index in [4.69, 9.17) is 10.5 Å². The summed E-state index contributed by atoms with van der Waals surface area (Å²) in [6.07, 6.45) is 3.33. The van der Waals surface area contributed by atoms with E-state index in [-0.39, 0.29) is 24.0 Å². The van der Waals surface area contributed by atoms with Gasteiger partial charge in [-0.15, -0.1) is 0 Å². The fourth-order valence-corrected chi connectivity index (χ4v) is 4.26. The molecule has 2 unspecified atom stereocenters. The largest absolute Gasteiger partial charge is 0.388 e. The highest BCUT2D eigenvalue weighted by Crippen LogP contribution is 2.23. The van der Waals surface area contributed by atoms with Gasteiger partial charge in [-0.1, -0.05) is 39.8 Å². The van der Waals surface area contributed by atoms with Crippen LogP contribution in [0.15, 0.2) is 36.9 Å². The van der Waals surface area contributed by atoms with E-state index in [0.29, 0.717) is 23.5 Å². The molecular formula is C27H42N8O3. The van der Waals surface area contributed by atoms with Gasteiger partial charge in [0, 0.05) is 25.4 Å². The average Bonchev–Trinajstić information content (AvgIpc) is 3.28. The number of hydrogen-bond donors (Lipinski definition) is 4. The van der Waals surface area contributed by atoms with Crippen molar-refractivity contribution in [1.82, 2.24) is 29.7 Å². The molecule has 0 spiro atoms. The first-order chi connectivity index (χ1) is 18.0. The fraction of sp³-hybridized carbons (Fsp3) is 0.556. The minimum absolute atomic E-state index is 0.0136. The number of nitrogens with two attached hydrogens (primary N) is 1. The van der Waals surface area contributed by atoms with Crippen LogP contribution >= 0.6 is 0 Å². The summed E-state index contributed by atoms with van der Waals surface area (Å²) in [5, 5.41) is 16.9. The maximum Gasteiger partial charge on any atom is 0.319 e. The number of aliphatic hydroxyl groups excluding tert-OH is 1. The zero-order valence-corrected chi connectivity index (χ0v) is 23.3. The number of aliphatic hydroxyl groups is 1. The summed E-state index contributed by atoms with van der Waals surface area (Å²) in [4.78, 5) is 27.1. The van der Waals surface area contributed by atoms with Crippen LogP contribution in [0.25, 0.3) is 11.2 Å². The highest BCUT2D eigenvalue weighted by atomic mass is 16.5. The Morgan fingerprint density at radius 3 is 2.55 bits per heavy atom. The number of nitrogens with zero attached hydrogens (tertiary/aromatic N) is 5. The molecule has 0 saturated carbocycles. The average molecular weight is 527 g/mol. The molecule has 0 aliphatic carbocycles. The van der Waals surface area contributed by atoms with Crippen molar-refractivity contribution < 1.29 is 14.6 Å². The number of amides is 2. The second kappa shape index (κ2) is 13.0. The topological polar surface area (TPSA) is 143 Å². The molecule has 208 valence electrons. The van der Waals surface area contributed by atoms with Crippen LogP contribution in [-0.2, 0) is 16.7 Å². The predicted octanol–water partition coefficient (Wildman–Crippen LogP) is 3.00. The minimum atomic E-state index is -0.786. The number of carbonyl (C=O) groups is 1. The van der Waals surface area contributed by atoms with Crippen LogP contribution in [0.2, 0.25) is 0 Å². The number of nitrogens with one attached hydrogen (secondary N) is 2. The van der Waals surface area contributed by atoms with Crippen molar-refractivity contribution in [3.8, 4) is 0 Å². The van der Waals surface area contributed by atoms with Gasteiger partial charge in [0.05, 0.1) is 25.1 Å². The molecule has 5 N–H and O–H groups in total. The highest BCUT2D eigenvalue weighted by molar-refractivity contribution is 5.89. The second-order valence-corrected chi connectivity index (χ2v) is 10.8. The Balaban J connectivity index is 1.47. The van der Waals surface area contributed by atoms with Crippen LogP contribution < -0.4 is 16.4 Å². The van der Waals surface area contributed by atoms with Gasteiger partial charge in [0.1, 0.15) is 11.8 Å². The summed E-state index contributed by atoms with van der Waals surface area (Å²) in [5.74, 6) is 0.303. The zero-order valence-electron chi connectivity index (χ0n) is 23.3.